The van der Waals surface area contributed by atoms with E-state index in [0.717, 1.165) is 12.8 Å². The molecule has 0 radical (unpaired) electrons. The van der Waals surface area contributed by atoms with Crippen molar-refractivity contribution < 1.29 is 9.59 Å². The highest BCUT2D eigenvalue weighted by atomic mass is 32.2. The number of imide groups is 1. The normalized spacial score (nSPS) is 15.8. The van der Waals surface area contributed by atoms with Crippen molar-refractivity contribution in [3.63, 3.8) is 0 Å². The minimum absolute atomic E-state index is 0.112. The van der Waals surface area contributed by atoms with Crippen LogP contribution in [0.2, 0.25) is 0 Å². The third kappa shape index (κ3) is 3.92. The second-order valence-electron chi connectivity index (χ2n) is 4.61. The zero-order chi connectivity index (χ0) is 14.4. The van der Waals surface area contributed by atoms with E-state index in [1.54, 1.807) is 4.68 Å². The molecule has 8 nitrogen and oxygen atoms in total. The Morgan fingerprint density at radius 3 is 2.80 bits per heavy atom. The van der Waals surface area contributed by atoms with Crippen LogP contribution in [0.25, 0.3) is 0 Å². The first kappa shape index (κ1) is 14.8. The van der Waals surface area contributed by atoms with Gasteiger partial charge in [-0.2, -0.15) is 0 Å². The largest absolute Gasteiger partial charge is 0.341 e. The maximum atomic E-state index is 11.5. The molecule has 0 saturated heterocycles. The second-order valence-corrected chi connectivity index (χ2v) is 5.56. The standard InChI is InChI=1S/C11H18N6O2S/c1-12-10(19)13-9(18)7-20-11-14-15-16-17(11)8-5-3-2-4-6-8/h8H,2-7H2,1H3,(H2,12,13,18,19). The minimum atomic E-state index is -0.512. The molecule has 110 valence electrons. The van der Waals surface area contributed by atoms with E-state index in [9.17, 15) is 9.59 Å². The van der Waals surface area contributed by atoms with Crippen LogP contribution >= 0.6 is 11.8 Å². The zero-order valence-electron chi connectivity index (χ0n) is 11.3. The highest BCUT2D eigenvalue weighted by Gasteiger charge is 2.20. The van der Waals surface area contributed by atoms with Gasteiger partial charge in [-0.25, -0.2) is 9.48 Å². The predicted octanol–water partition coefficient (Wildman–Crippen LogP) is 0.726. The maximum absolute atomic E-state index is 11.5. The Kier molecular flexibility index (Phi) is 5.33. The number of rotatable bonds is 4. The zero-order valence-corrected chi connectivity index (χ0v) is 12.2. The molecule has 0 aromatic carbocycles. The molecule has 1 fully saturated rings. The molecule has 3 amide bonds. The Balaban J connectivity index is 1.88. The Labute approximate surface area is 121 Å². The number of nitrogens with one attached hydrogen (secondary N) is 2. The summed E-state index contributed by atoms with van der Waals surface area (Å²) in [6.45, 7) is 0. The second kappa shape index (κ2) is 7.22. The van der Waals surface area contributed by atoms with E-state index < -0.39 is 6.03 Å². The molecule has 1 aromatic rings. The Morgan fingerprint density at radius 2 is 2.10 bits per heavy atom. The van der Waals surface area contributed by atoms with Crippen LogP contribution < -0.4 is 10.6 Å². The first-order valence-electron chi connectivity index (χ1n) is 6.63. The molecular weight excluding hydrogens is 280 g/mol. The summed E-state index contributed by atoms with van der Waals surface area (Å²) in [6.07, 6.45) is 5.78. The average molecular weight is 298 g/mol. The SMILES string of the molecule is CNC(=O)NC(=O)CSc1nnnn1C1CCCCC1. The Hall–Kier alpha value is -1.64. The van der Waals surface area contributed by atoms with Crippen LogP contribution in [0.3, 0.4) is 0 Å². The van der Waals surface area contributed by atoms with Crippen molar-refractivity contribution in [1.82, 2.24) is 30.8 Å². The number of hydrogen-bond acceptors (Lipinski definition) is 6. The van der Waals surface area contributed by atoms with Crippen molar-refractivity contribution in [3.05, 3.63) is 0 Å². The lowest BCUT2D eigenvalue weighted by molar-refractivity contribution is -0.117. The Bertz CT molecular complexity index is 471. The summed E-state index contributed by atoms with van der Waals surface area (Å²) in [7, 11) is 1.46. The van der Waals surface area contributed by atoms with Gasteiger partial charge in [-0.3, -0.25) is 10.1 Å². The summed E-state index contributed by atoms with van der Waals surface area (Å²) in [5.74, 6) is -0.256. The molecule has 1 aliphatic carbocycles. The summed E-state index contributed by atoms with van der Waals surface area (Å²) in [4.78, 5) is 22.5. The van der Waals surface area contributed by atoms with Crippen LogP contribution in [-0.4, -0.2) is 44.9 Å². The molecule has 9 heteroatoms. The molecule has 2 N–H and O–H groups in total. The van der Waals surface area contributed by atoms with Crippen LogP contribution in [-0.2, 0) is 4.79 Å². The van der Waals surface area contributed by atoms with Gasteiger partial charge in [0.1, 0.15) is 0 Å². The number of tetrazole rings is 1. The van der Waals surface area contributed by atoms with Crippen molar-refractivity contribution in [2.75, 3.05) is 12.8 Å². The Morgan fingerprint density at radius 1 is 1.35 bits per heavy atom. The van der Waals surface area contributed by atoms with Gasteiger partial charge in [0.15, 0.2) is 0 Å². The molecule has 20 heavy (non-hydrogen) atoms. The third-order valence-electron chi connectivity index (χ3n) is 3.20. The topological polar surface area (TPSA) is 102 Å². The van der Waals surface area contributed by atoms with Crippen LogP contribution in [0.4, 0.5) is 4.79 Å². The summed E-state index contributed by atoms with van der Waals surface area (Å²) in [5.41, 5.74) is 0. The molecule has 0 bridgehead atoms. The number of nitrogens with zero attached hydrogens (tertiary/aromatic N) is 4. The van der Waals surface area contributed by atoms with Crippen LogP contribution in [0.15, 0.2) is 5.16 Å². The van der Waals surface area contributed by atoms with E-state index in [-0.39, 0.29) is 11.7 Å². The first-order valence-corrected chi connectivity index (χ1v) is 7.61. The van der Waals surface area contributed by atoms with E-state index in [1.807, 2.05) is 0 Å². The van der Waals surface area contributed by atoms with E-state index in [0.29, 0.717) is 11.2 Å². The number of thioether (sulfide) groups is 1. The number of carbonyl (C=O) groups is 2. The lowest BCUT2D eigenvalue weighted by atomic mass is 9.96. The molecule has 0 unspecified atom stereocenters. The number of urea groups is 1. The van der Waals surface area contributed by atoms with Gasteiger partial charge >= 0.3 is 6.03 Å². The molecule has 1 aromatic heterocycles. The lowest BCUT2D eigenvalue weighted by Gasteiger charge is -2.21. The monoisotopic (exact) mass is 298 g/mol. The molecule has 0 spiro atoms. The molecule has 0 aliphatic heterocycles. The fourth-order valence-electron chi connectivity index (χ4n) is 2.19. The fourth-order valence-corrected chi connectivity index (χ4v) is 2.94. The molecular formula is C11H18N6O2S. The van der Waals surface area contributed by atoms with Crippen molar-refractivity contribution in [3.8, 4) is 0 Å². The van der Waals surface area contributed by atoms with Gasteiger partial charge in [0.2, 0.25) is 11.1 Å². The van der Waals surface area contributed by atoms with Crippen LogP contribution in [0, 0.1) is 0 Å². The third-order valence-corrected chi connectivity index (χ3v) is 4.13. The quantitative estimate of drug-likeness (QED) is 0.794. The highest BCUT2D eigenvalue weighted by Crippen LogP contribution is 2.29. The van der Waals surface area contributed by atoms with Gasteiger partial charge in [-0.15, -0.1) is 5.10 Å². The van der Waals surface area contributed by atoms with E-state index in [1.165, 1.54) is 38.1 Å². The summed E-state index contributed by atoms with van der Waals surface area (Å²) < 4.78 is 1.80. The number of aromatic nitrogens is 4. The fraction of sp³-hybridized carbons (Fsp3) is 0.727. The van der Waals surface area contributed by atoms with Gasteiger partial charge in [-0.1, -0.05) is 31.0 Å². The molecule has 0 atom stereocenters. The van der Waals surface area contributed by atoms with Crippen LogP contribution in [0.1, 0.15) is 38.1 Å². The number of carbonyl (C=O) groups excluding carboxylic acids is 2. The molecule has 1 saturated carbocycles. The van der Waals surface area contributed by atoms with Crippen LogP contribution in [0.5, 0.6) is 0 Å². The molecule has 1 heterocycles. The van der Waals surface area contributed by atoms with Crippen molar-refractivity contribution in [2.24, 2.45) is 0 Å². The molecule has 1 aliphatic rings. The lowest BCUT2D eigenvalue weighted by Crippen LogP contribution is -2.38. The first-order chi connectivity index (χ1) is 9.70. The van der Waals surface area contributed by atoms with Gasteiger partial charge in [0, 0.05) is 7.05 Å². The van der Waals surface area contributed by atoms with Gasteiger partial charge in [0.05, 0.1) is 11.8 Å². The molecule has 2 rings (SSSR count). The van der Waals surface area contributed by atoms with Crippen molar-refractivity contribution in [2.45, 2.75) is 43.3 Å². The summed E-state index contributed by atoms with van der Waals surface area (Å²) in [5, 5.41) is 16.8. The van der Waals surface area contributed by atoms with Gasteiger partial charge in [-0.05, 0) is 23.3 Å². The van der Waals surface area contributed by atoms with E-state index >= 15 is 0 Å². The smallest absolute Gasteiger partial charge is 0.321 e. The van der Waals surface area contributed by atoms with Gasteiger partial charge < -0.3 is 5.32 Å². The number of amides is 3. The predicted molar refractivity (Wildman–Crippen MR) is 73.3 cm³/mol. The summed E-state index contributed by atoms with van der Waals surface area (Å²) >= 11 is 1.24. The van der Waals surface area contributed by atoms with Crippen molar-refractivity contribution in [1.29, 1.82) is 0 Å². The van der Waals surface area contributed by atoms with Crippen molar-refractivity contribution >= 4 is 23.7 Å². The average Bonchev–Trinajstić information content (AvgIpc) is 2.94. The van der Waals surface area contributed by atoms with E-state index in [2.05, 4.69) is 26.2 Å². The maximum Gasteiger partial charge on any atom is 0.321 e. The van der Waals surface area contributed by atoms with E-state index in [4.69, 9.17) is 0 Å². The highest BCUT2D eigenvalue weighted by molar-refractivity contribution is 7.99. The summed E-state index contributed by atoms with van der Waals surface area (Å²) in [6, 6.07) is -0.189. The minimum Gasteiger partial charge on any atom is -0.341 e. The van der Waals surface area contributed by atoms with Gasteiger partial charge in [0.25, 0.3) is 0 Å². The number of hydrogen-bond donors (Lipinski definition) is 2.